The highest BCUT2D eigenvalue weighted by molar-refractivity contribution is 9.13. The second-order valence-corrected chi connectivity index (χ2v) is 8.43. The number of halogens is 3. The summed E-state index contributed by atoms with van der Waals surface area (Å²) >= 11 is 11.3. The van der Waals surface area contributed by atoms with Gasteiger partial charge in [0.1, 0.15) is 0 Å². The Morgan fingerprint density at radius 2 is 1.13 bits per heavy atom. The molecule has 1 radical (unpaired) electrons. The first kappa shape index (κ1) is 13.2. The van der Waals surface area contributed by atoms with Gasteiger partial charge in [-0.1, -0.05) is 36.4 Å². The molecule has 0 atom stereocenters. The van der Waals surface area contributed by atoms with Crippen LogP contribution in [-0.4, -0.2) is 0 Å². The van der Waals surface area contributed by atoms with Gasteiger partial charge in [-0.3, -0.25) is 0 Å². The molecule has 0 aliphatic heterocycles. The molecule has 0 N–H and O–H groups in total. The monoisotopic (exact) mass is 483 g/mol. The van der Waals surface area contributed by atoms with E-state index in [1.807, 2.05) is 0 Å². The molecule has 0 fully saturated rings. The highest BCUT2D eigenvalue weighted by atomic mass is 79.9. The highest BCUT2D eigenvalue weighted by Crippen LogP contribution is 2.52. The molecule has 0 aliphatic rings. The fourth-order valence-electron chi connectivity index (χ4n) is 4.13. The topological polar surface area (TPSA) is 0 Å². The van der Waals surface area contributed by atoms with Crippen LogP contribution in [0.1, 0.15) is 0 Å². The molecule has 0 saturated carbocycles. The second-order valence-electron chi connectivity index (χ2n) is 6.05. The van der Waals surface area contributed by atoms with Crippen molar-refractivity contribution in [3.63, 3.8) is 0 Å². The third-order valence-corrected chi connectivity index (χ3v) is 7.84. The molecule has 3 heteroatoms. The molecule has 0 bridgehead atoms. The summed E-state index contributed by atoms with van der Waals surface area (Å²) in [4.78, 5) is 0. The molecule has 0 aromatic heterocycles. The Balaban J connectivity index is 2.22. The van der Waals surface area contributed by atoms with Crippen molar-refractivity contribution < 1.29 is 0 Å². The summed E-state index contributed by atoms with van der Waals surface area (Å²) in [6.07, 6.45) is 0. The van der Waals surface area contributed by atoms with Gasteiger partial charge in [0, 0.05) is 19.5 Å². The van der Waals surface area contributed by atoms with Gasteiger partial charge in [-0.05, 0) is 102 Å². The number of rotatable bonds is 0. The Kier molecular flexibility index (Phi) is 2.34. The van der Waals surface area contributed by atoms with Gasteiger partial charge in [-0.15, -0.1) is 0 Å². The fraction of sp³-hybridized carbons (Fsp3) is 0. The van der Waals surface area contributed by atoms with Crippen LogP contribution in [0.3, 0.4) is 0 Å². The minimum atomic E-state index is 1.05. The van der Waals surface area contributed by atoms with Crippen molar-refractivity contribution in [3.8, 4) is 0 Å². The van der Waals surface area contributed by atoms with Gasteiger partial charge in [0.15, 0.2) is 0 Å². The molecule has 6 aromatic rings. The normalized spacial score (nSPS) is 13.0. The number of benzene rings is 5. The van der Waals surface area contributed by atoms with Gasteiger partial charge in [0.25, 0.3) is 0 Å². The zero-order chi connectivity index (χ0) is 15.5. The molecular weight excluding hydrogens is 480 g/mol. The van der Waals surface area contributed by atoms with Gasteiger partial charge in [0.2, 0.25) is 0 Å². The van der Waals surface area contributed by atoms with E-state index in [9.17, 15) is 0 Å². The Hall–Kier alpha value is -1.16. The van der Waals surface area contributed by atoms with Gasteiger partial charge in [-0.25, -0.2) is 0 Å². The standard InChI is InChI=1S/C20H6Br3/c21-13-7-9-3-6-12-18-15(9)16-10(13)4-1-8-2-5-11(17(18)14(8)16)19(22)20(12)23/h1-6H. The first-order chi connectivity index (χ1) is 11.2. The van der Waals surface area contributed by atoms with Gasteiger partial charge in [-0.2, -0.15) is 0 Å². The Morgan fingerprint density at radius 3 is 1.87 bits per heavy atom. The summed E-state index contributed by atoms with van der Waals surface area (Å²) in [5.41, 5.74) is 0. The van der Waals surface area contributed by atoms with E-state index < -0.39 is 0 Å². The van der Waals surface area contributed by atoms with Gasteiger partial charge in [0.05, 0.1) is 0 Å². The number of hydrogen-bond donors (Lipinski definition) is 0. The lowest BCUT2D eigenvalue weighted by Gasteiger charge is -2.09. The third-order valence-electron chi connectivity index (χ3n) is 5.04. The van der Waals surface area contributed by atoms with Crippen LogP contribution in [0.5, 0.6) is 0 Å². The molecule has 0 spiro atoms. The lowest BCUT2D eigenvalue weighted by molar-refractivity contribution is 1.75. The van der Waals surface area contributed by atoms with Crippen LogP contribution in [0.2, 0.25) is 0 Å². The summed E-state index contributed by atoms with van der Waals surface area (Å²) in [6, 6.07) is 16.8. The number of hydrogen-bond acceptors (Lipinski definition) is 0. The molecule has 6 rings (SSSR count). The van der Waals surface area contributed by atoms with Gasteiger partial charge >= 0.3 is 0 Å². The van der Waals surface area contributed by atoms with Crippen molar-refractivity contribution in [1.82, 2.24) is 0 Å². The summed E-state index contributed by atoms with van der Waals surface area (Å²) in [5.74, 6) is 0. The second kappa shape index (κ2) is 4.08. The van der Waals surface area contributed by atoms with Crippen molar-refractivity contribution >= 4 is 102 Å². The average molecular weight is 486 g/mol. The zero-order valence-electron chi connectivity index (χ0n) is 11.6. The third kappa shape index (κ3) is 1.36. The minimum absolute atomic E-state index is 1.05. The van der Waals surface area contributed by atoms with Crippen LogP contribution in [0.4, 0.5) is 0 Å². The van der Waals surface area contributed by atoms with Crippen molar-refractivity contribution in [2.75, 3.05) is 0 Å². The van der Waals surface area contributed by atoms with E-state index in [0.717, 1.165) is 13.4 Å². The first-order valence-corrected chi connectivity index (χ1v) is 9.68. The summed E-state index contributed by atoms with van der Waals surface area (Å²) in [6.45, 7) is 0. The van der Waals surface area contributed by atoms with Crippen LogP contribution in [0.15, 0.2) is 49.8 Å². The molecule has 6 aromatic carbocycles. The Bertz CT molecular complexity index is 1340. The molecule has 0 aliphatic carbocycles. The molecule has 0 nitrogen and oxygen atoms in total. The molecule has 0 unspecified atom stereocenters. The molecule has 0 amide bonds. The molecule has 0 heterocycles. The van der Waals surface area contributed by atoms with Crippen molar-refractivity contribution in [1.29, 1.82) is 0 Å². The van der Waals surface area contributed by atoms with Crippen molar-refractivity contribution in [2.45, 2.75) is 0 Å². The van der Waals surface area contributed by atoms with Crippen molar-refractivity contribution in [3.05, 3.63) is 55.9 Å². The predicted octanol–water partition coefficient (Wildman–Crippen LogP) is 7.85. The Labute approximate surface area is 156 Å². The largest absolute Gasteiger partial charge is 0.0537 e. The van der Waals surface area contributed by atoms with E-state index in [2.05, 4.69) is 90.3 Å². The minimum Gasteiger partial charge on any atom is -0.0537 e. The lowest BCUT2D eigenvalue weighted by atomic mass is 10.00. The molecular formula is C20H6Br3. The highest BCUT2D eigenvalue weighted by Gasteiger charge is 2.23. The van der Waals surface area contributed by atoms with E-state index in [1.54, 1.807) is 0 Å². The van der Waals surface area contributed by atoms with Crippen LogP contribution in [-0.2, 0) is 0 Å². The molecule has 23 heavy (non-hydrogen) atoms. The van der Waals surface area contributed by atoms with E-state index in [0.29, 0.717) is 0 Å². The molecule has 0 saturated heterocycles. The maximum Gasteiger partial charge on any atom is 0.0402 e. The average Bonchev–Trinajstić information content (AvgIpc) is 2.92. The fourth-order valence-corrected chi connectivity index (χ4v) is 5.77. The zero-order valence-corrected chi connectivity index (χ0v) is 16.4. The lowest BCUT2D eigenvalue weighted by Crippen LogP contribution is -1.82. The quantitative estimate of drug-likeness (QED) is 0.192. The van der Waals surface area contributed by atoms with Crippen LogP contribution in [0.25, 0.3) is 53.9 Å². The summed E-state index contributed by atoms with van der Waals surface area (Å²) in [7, 11) is 0. The van der Waals surface area contributed by atoms with E-state index >= 15 is 0 Å². The van der Waals surface area contributed by atoms with Crippen LogP contribution >= 0.6 is 47.8 Å². The maximum absolute atomic E-state index is 3.79. The predicted molar refractivity (Wildman–Crippen MR) is 109 cm³/mol. The summed E-state index contributed by atoms with van der Waals surface area (Å²) < 4.78 is 3.31. The maximum atomic E-state index is 3.79. The molecule has 107 valence electrons. The van der Waals surface area contributed by atoms with E-state index in [1.165, 1.54) is 53.9 Å². The van der Waals surface area contributed by atoms with Crippen LogP contribution in [0, 0.1) is 6.07 Å². The SMILES string of the molecule is Brc1[c]c2ccc3c(Br)c(Br)c4ccc5ccc1c1c2c3c4c51. The first-order valence-electron chi connectivity index (χ1n) is 7.30. The van der Waals surface area contributed by atoms with E-state index in [-0.39, 0.29) is 0 Å². The van der Waals surface area contributed by atoms with Gasteiger partial charge < -0.3 is 0 Å². The smallest absolute Gasteiger partial charge is 0.0402 e. The van der Waals surface area contributed by atoms with Crippen LogP contribution < -0.4 is 0 Å². The van der Waals surface area contributed by atoms with Crippen molar-refractivity contribution in [2.24, 2.45) is 0 Å². The van der Waals surface area contributed by atoms with E-state index in [4.69, 9.17) is 0 Å². The summed E-state index contributed by atoms with van der Waals surface area (Å²) in [5, 5.41) is 13.0. The Morgan fingerprint density at radius 1 is 0.565 bits per heavy atom.